The van der Waals surface area contributed by atoms with Crippen LogP contribution in [0.3, 0.4) is 0 Å². The van der Waals surface area contributed by atoms with Crippen molar-refractivity contribution in [1.29, 1.82) is 0 Å². The van der Waals surface area contributed by atoms with Gasteiger partial charge in [0.25, 0.3) is 0 Å². The first-order chi connectivity index (χ1) is 9.81. The highest BCUT2D eigenvalue weighted by molar-refractivity contribution is 5.19. The fraction of sp³-hybridized carbons (Fsp3) is 0.421. The number of nitrogens with zero attached hydrogens (tertiary/aromatic N) is 1. The van der Waals surface area contributed by atoms with E-state index in [0.717, 1.165) is 0 Å². The standard InChI is InChI=1S/C19H25N/c1-3-17(18-11-5-4-6-12-18)13-9-10-16(2)19-14-7-8-15-20-19/h4-8,11-12,14-17H,3,9-10,13H2,1-2H3. The van der Waals surface area contributed by atoms with E-state index in [-0.39, 0.29) is 0 Å². The minimum atomic E-state index is 0.560. The molecule has 0 radical (unpaired) electrons. The molecule has 1 heterocycles. The molecule has 1 nitrogen and oxygen atoms in total. The Balaban J connectivity index is 1.83. The van der Waals surface area contributed by atoms with Crippen LogP contribution in [-0.2, 0) is 0 Å². The van der Waals surface area contributed by atoms with Crippen molar-refractivity contribution < 1.29 is 0 Å². The molecule has 1 heteroatoms. The average molecular weight is 267 g/mol. The van der Waals surface area contributed by atoms with E-state index < -0.39 is 0 Å². The minimum absolute atomic E-state index is 0.560. The quantitative estimate of drug-likeness (QED) is 0.641. The Bertz CT molecular complexity index is 478. The summed E-state index contributed by atoms with van der Waals surface area (Å²) < 4.78 is 0. The first-order valence-corrected chi connectivity index (χ1v) is 7.77. The molecule has 106 valence electrons. The van der Waals surface area contributed by atoms with Gasteiger partial charge < -0.3 is 0 Å². The van der Waals surface area contributed by atoms with E-state index in [2.05, 4.69) is 61.3 Å². The van der Waals surface area contributed by atoms with E-state index in [9.17, 15) is 0 Å². The maximum atomic E-state index is 4.45. The van der Waals surface area contributed by atoms with Gasteiger partial charge >= 0.3 is 0 Å². The molecule has 2 atom stereocenters. The molecule has 2 unspecified atom stereocenters. The van der Waals surface area contributed by atoms with E-state index >= 15 is 0 Å². The second-order valence-electron chi connectivity index (χ2n) is 5.60. The highest BCUT2D eigenvalue weighted by Gasteiger charge is 2.11. The number of pyridine rings is 1. The lowest BCUT2D eigenvalue weighted by atomic mass is 9.89. The lowest BCUT2D eigenvalue weighted by molar-refractivity contribution is 0.525. The number of hydrogen-bond donors (Lipinski definition) is 0. The zero-order valence-electron chi connectivity index (χ0n) is 12.6. The summed E-state index contributed by atoms with van der Waals surface area (Å²) in [6.07, 6.45) is 6.88. The van der Waals surface area contributed by atoms with Gasteiger partial charge in [0.1, 0.15) is 0 Å². The largest absolute Gasteiger partial charge is 0.261 e. The van der Waals surface area contributed by atoms with Crippen LogP contribution < -0.4 is 0 Å². The zero-order chi connectivity index (χ0) is 14.2. The van der Waals surface area contributed by atoms with Gasteiger partial charge in [-0.1, -0.05) is 56.7 Å². The summed E-state index contributed by atoms with van der Waals surface area (Å²) in [5, 5.41) is 0. The molecule has 0 aliphatic rings. The molecule has 0 aliphatic carbocycles. The third kappa shape index (κ3) is 4.19. The van der Waals surface area contributed by atoms with Crippen molar-refractivity contribution in [2.75, 3.05) is 0 Å². The molecule has 0 bridgehead atoms. The third-order valence-corrected chi connectivity index (χ3v) is 4.15. The number of aromatic nitrogens is 1. The molecule has 20 heavy (non-hydrogen) atoms. The molecule has 0 fully saturated rings. The maximum Gasteiger partial charge on any atom is 0.0431 e. The Morgan fingerprint density at radius 3 is 2.35 bits per heavy atom. The Hall–Kier alpha value is -1.63. The van der Waals surface area contributed by atoms with Gasteiger partial charge in [-0.2, -0.15) is 0 Å². The van der Waals surface area contributed by atoms with Crippen molar-refractivity contribution in [3.05, 3.63) is 66.0 Å². The SMILES string of the molecule is CCC(CCCC(C)c1ccccn1)c1ccccc1. The zero-order valence-corrected chi connectivity index (χ0v) is 12.6. The Kier molecular flexibility index (Phi) is 5.79. The van der Waals surface area contributed by atoms with Crippen LogP contribution in [0.5, 0.6) is 0 Å². The lowest BCUT2D eigenvalue weighted by Crippen LogP contribution is -2.00. The number of rotatable bonds is 7. The maximum absolute atomic E-state index is 4.45. The summed E-state index contributed by atoms with van der Waals surface area (Å²) in [6.45, 7) is 4.58. The molecule has 0 amide bonds. The molecule has 0 saturated heterocycles. The predicted octanol–water partition coefficient (Wildman–Crippen LogP) is 5.55. The molecule has 2 aromatic rings. The molecule has 0 N–H and O–H groups in total. The van der Waals surface area contributed by atoms with Crippen molar-refractivity contribution in [1.82, 2.24) is 4.98 Å². The van der Waals surface area contributed by atoms with Crippen LogP contribution in [0.1, 0.15) is 62.6 Å². The van der Waals surface area contributed by atoms with Crippen molar-refractivity contribution in [3.8, 4) is 0 Å². The number of benzene rings is 1. The normalized spacial score (nSPS) is 13.9. The van der Waals surface area contributed by atoms with Gasteiger partial charge in [-0.3, -0.25) is 4.98 Å². The van der Waals surface area contributed by atoms with Gasteiger partial charge in [0.15, 0.2) is 0 Å². The van der Waals surface area contributed by atoms with Crippen LogP contribution >= 0.6 is 0 Å². The lowest BCUT2D eigenvalue weighted by Gasteiger charge is -2.17. The second kappa shape index (κ2) is 7.84. The van der Waals surface area contributed by atoms with E-state index in [1.165, 1.54) is 36.9 Å². The van der Waals surface area contributed by atoms with Crippen LogP contribution in [0.2, 0.25) is 0 Å². The van der Waals surface area contributed by atoms with Gasteiger partial charge in [0.2, 0.25) is 0 Å². The van der Waals surface area contributed by atoms with Crippen molar-refractivity contribution in [2.24, 2.45) is 0 Å². The van der Waals surface area contributed by atoms with Gasteiger partial charge in [-0.15, -0.1) is 0 Å². The van der Waals surface area contributed by atoms with Crippen LogP contribution in [0.4, 0.5) is 0 Å². The molecule has 0 spiro atoms. The summed E-state index contributed by atoms with van der Waals surface area (Å²) in [5.74, 6) is 1.26. The fourth-order valence-electron chi connectivity index (χ4n) is 2.82. The van der Waals surface area contributed by atoms with Gasteiger partial charge in [-0.05, 0) is 48.8 Å². The van der Waals surface area contributed by atoms with E-state index in [1.54, 1.807) is 0 Å². The second-order valence-corrected chi connectivity index (χ2v) is 5.60. The Labute approximate surface area is 123 Å². The molecule has 2 rings (SSSR count). The summed E-state index contributed by atoms with van der Waals surface area (Å²) in [4.78, 5) is 4.45. The monoisotopic (exact) mass is 267 g/mol. The van der Waals surface area contributed by atoms with Crippen LogP contribution in [0.15, 0.2) is 54.7 Å². The van der Waals surface area contributed by atoms with Crippen molar-refractivity contribution in [2.45, 2.75) is 51.4 Å². The predicted molar refractivity (Wildman–Crippen MR) is 86.0 cm³/mol. The fourth-order valence-corrected chi connectivity index (χ4v) is 2.82. The summed E-state index contributed by atoms with van der Waals surface area (Å²) in [6, 6.07) is 17.1. The van der Waals surface area contributed by atoms with Crippen molar-refractivity contribution >= 4 is 0 Å². The Morgan fingerprint density at radius 2 is 1.70 bits per heavy atom. The van der Waals surface area contributed by atoms with E-state index in [4.69, 9.17) is 0 Å². The molecular formula is C19H25N. The van der Waals surface area contributed by atoms with Gasteiger partial charge in [-0.25, -0.2) is 0 Å². The van der Waals surface area contributed by atoms with Gasteiger partial charge in [0, 0.05) is 11.9 Å². The molecule has 0 saturated carbocycles. The van der Waals surface area contributed by atoms with Crippen LogP contribution in [0, 0.1) is 0 Å². The van der Waals surface area contributed by atoms with E-state index in [1.807, 2.05) is 12.3 Å². The minimum Gasteiger partial charge on any atom is -0.261 e. The summed E-state index contributed by atoms with van der Waals surface area (Å²) >= 11 is 0. The average Bonchev–Trinajstić information content (AvgIpc) is 2.53. The summed E-state index contributed by atoms with van der Waals surface area (Å²) in [5.41, 5.74) is 2.71. The molecule has 1 aromatic heterocycles. The Morgan fingerprint density at radius 1 is 0.950 bits per heavy atom. The molecular weight excluding hydrogens is 242 g/mol. The van der Waals surface area contributed by atoms with Crippen LogP contribution in [0.25, 0.3) is 0 Å². The number of hydrogen-bond acceptors (Lipinski definition) is 1. The van der Waals surface area contributed by atoms with E-state index in [0.29, 0.717) is 11.8 Å². The first-order valence-electron chi connectivity index (χ1n) is 7.77. The third-order valence-electron chi connectivity index (χ3n) is 4.15. The summed E-state index contributed by atoms with van der Waals surface area (Å²) in [7, 11) is 0. The highest BCUT2D eigenvalue weighted by Crippen LogP contribution is 2.27. The van der Waals surface area contributed by atoms with Crippen molar-refractivity contribution in [3.63, 3.8) is 0 Å². The molecule has 0 aliphatic heterocycles. The van der Waals surface area contributed by atoms with Gasteiger partial charge in [0.05, 0.1) is 0 Å². The highest BCUT2D eigenvalue weighted by atomic mass is 14.7. The topological polar surface area (TPSA) is 12.9 Å². The smallest absolute Gasteiger partial charge is 0.0431 e. The first kappa shape index (κ1) is 14.8. The van der Waals surface area contributed by atoms with Crippen LogP contribution in [-0.4, -0.2) is 4.98 Å². The molecule has 1 aromatic carbocycles.